The topological polar surface area (TPSA) is 29.9 Å². The molecule has 0 saturated carbocycles. The molecule has 1 N–H and O–H groups in total. The molecular formula is C15H17BrClN3. The normalized spacial score (nSPS) is 18.1. The highest BCUT2D eigenvalue weighted by molar-refractivity contribution is 9.10. The molecule has 106 valence electrons. The average Bonchev–Trinajstić information content (AvgIpc) is 2.89. The first kappa shape index (κ1) is 14.1. The summed E-state index contributed by atoms with van der Waals surface area (Å²) in [7, 11) is 0. The lowest BCUT2D eigenvalue weighted by atomic mass is 9.78. The molecule has 0 bridgehead atoms. The summed E-state index contributed by atoms with van der Waals surface area (Å²) < 4.78 is 3.11. The molecule has 0 unspecified atom stereocenters. The number of nitrogens with one attached hydrogen (secondary N) is 1. The molecule has 20 heavy (non-hydrogen) atoms. The zero-order chi connectivity index (χ0) is 14.2. The molecule has 1 fully saturated rings. The first-order valence-corrected chi connectivity index (χ1v) is 7.96. The highest BCUT2D eigenvalue weighted by atomic mass is 79.9. The van der Waals surface area contributed by atoms with Gasteiger partial charge in [-0.2, -0.15) is 0 Å². The molecule has 2 heterocycles. The summed E-state index contributed by atoms with van der Waals surface area (Å²) in [6.07, 6.45) is 6.07. The van der Waals surface area contributed by atoms with Gasteiger partial charge in [-0.1, -0.05) is 34.5 Å². The molecule has 1 aliphatic rings. The van der Waals surface area contributed by atoms with Crippen molar-refractivity contribution in [3.8, 4) is 5.69 Å². The maximum absolute atomic E-state index is 6.39. The lowest BCUT2D eigenvalue weighted by molar-refractivity contribution is 0.324. The van der Waals surface area contributed by atoms with Gasteiger partial charge in [-0.3, -0.25) is 0 Å². The fourth-order valence-electron chi connectivity index (χ4n) is 2.84. The number of rotatable bonds is 2. The van der Waals surface area contributed by atoms with Crippen molar-refractivity contribution in [2.45, 2.75) is 25.2 Å². The summed E-state index contributed by atoms with van der Waals surface area (Å²) in [5.74, 6) is 0. The molecule has 3 rings (SSSR count). The SMILES string of the molecule is CC1(c2cncn2-c2ccc(Br)cc2Cl)CCNCC1. The summed E-state index contributed by atoms with van der Waals surface area (Å²) >= 11 is 9.83. The molecule has 0 amide bonds. The Balaban J connectivity index is 2.05. The highest BCUT2D eigenvalue weighted by Crippen LogP contribution is 2.35. The molecule has 1 saturated heterocycles. The van der Waals surface area contributed by atoms with E-state index in [1.165, 1.54) is 5.69 Å². The van der Waals surface area contributed by atoms with E-state index < -0.39 is 0 Å². The standard InChI is InChI=1S/C15H17BrClN3/c1-15(4-6-18-7-5-15)14-9-19-10-20(14)13-3-2-11(16)8-12(13)17/h2-3,8-10,18H,4-7H2,1H3. The van der Waals surface area contributed by atoms with Crippen LogP contribution >= 0.6 is 27.5 Å². The third kappa shape index (κ3) is 2.52. The van der Waals surface area contributed by atoms with Gasteiger partial charge in [0, 0.05) is 21.8 Å². The molecule has 0 radical (unpaired) electrons. The number of aromatic nitrogens is 2. The molecule has 3 nitrogen and oxygen atoms in total. The smallest absolute Gasteiger partial charge is 0.0994 e. The predicted molar refractivity (Wildman–Crippen MR) is 85.7 cm³/mol. The summed E-state index contributed by atoms with van der Waals surface area (Å²) in [5.41, 5.74) is 2.38. The van der Waals surface area contributed by atoms with E-state index in [1.54, 1.807) is 0 Å². The third-order valence-corrected chi connectivity index (χ3v) is 4.93. The highest BCUT2D eigenvalue weighted by Gasteiger charge is 2.32. The predicted octanol–water partition coefficient (Wildman–Crippen LogP) is 3.93. The molecule has 1 aliphatic heterocycles. The van der Waals surface area contributed by atoms with Crippen molar-refractivity contribution >= 4 is 27.5 Å². The second-order valence-corrected chi connectivity index (χ2v) is 6.88. The molecular weight excluding hydrogens is 338 g/mol. The van der Waals surface area contributed by atoms with Gasteiger partial charge >= 0.3 is 0 Å². The van der Waals surface area contributed by atoms with Crippen molar-refractivity contribution in [3.05, 3.63) is 45.9 Å². The Morgan fingerprint density at radius 1 is 1.35 bits per heavy atom. The van der Waals surface area contributed by atoms with Gasteiger partial charge in [0.05, 0.1) is 17.0 Å². The van der Waals surface area contributed by atoms with Gasteiger partial charge in [-0.25, -0.2) is 4.98 Å². The van der Waals surface area contributed by atoms with Gasteiger partial charge in [-0.15, -0.1) is 0 Å². The summed E-state index contributed by atoms with van der Waals surface area (Å²) in [6, 6.07) is 5.96. The third-order valence-electron chi connectivity index (χ3n) is 4.13. The largest absolute Gasteiger partial charge is 0.317 e. The van der Waals surface area contributed by atoms with E-state index in [2.05, 4.69) is 37.7 Å². The zero-order valence-electron chi connectivity index (χ0n) is 11.4. The van der Waals surface area contributed by atoms with E-state index in [-0.39, 0.29) is 5.41 Å². The van der Waals surface area contributed by atoms with E-state index in [0.717, 1.165) is 41.1 Å². The fourth-order valence-corrected chi connectivity index (χ4v) is 3.61. The van der Waals surface area contributed by atoms with Gasteiger partial charge in [0.15, 0.2) is 0 Å². The van der Waals surface area contributed by atoms with Crippen LogP contribution in [0, 0.1) is 0 Å². The van der Waals surface area contributed by atoms with Gasteiger partial charge in [0.1, 0.15) is 0 Å². The number of piperidine rings is 1. The van der Waals surface area contributed by atoms with E-state index in [0.29, 0.717) is 0 Å². The van der Waals surface area contributed by atoms with E-state index in [9.17, 15) is 0 Å². The Hall–Kier alpha value is -0.840. The number of imidazole rings is 1. The molecule has 0 spiro atoms. The Morgan fingerprint density at radius 2 is 2.10 bits per heavy atom. The first-order chi connectivity index (χ1) is 9.60. The van der Waals surface area contributed by atoms with Crippen molar-refractivity contribution in [3.63, 3.8) is 0 Å². The van der Waals surface area contributed by atoms with Gasteiger partial charge in [-0.05, 0) is 44.1 Å². The quantitative estimate of drug-likeness (QED) is 0.885. The van der Waals surface area contributed by atoms with Crippen LogP contribution in [0.5, 0.6) is 0 Å². The van der Waals surface area contributed by atoms with Gasteiger partial charge < -0.3 is 9.88 Å². The molecule has 0 atom stereocenters. The summed E-state index contributed by atoms with van der Waals surface area (Å²) in [5, 5.41) is 4.15. The number of nitrogens with zero attached hydrogens (tertiary/aromatic N) is 2. The van der Waals surface area contributed by atoms with Crippen LogP contribution in [0.3, 0.4) is 0 Å². The second-order valence-electron chi connectivity index (χ2n) is 5.56. The van der Waals surface area contributed by atoms with Crippen LogP contribution in [-0.4, -0.2) is 22.6 Å². The number of hydrogen-bond acceptors (Lipinski definition) is 2. The van der Waals surface area contributed by atoms with Crippen molar-refractivity contribution in [2.24, 2.45) is 0 Å². The van der Waals surface area contributed by atoms with Gasteiger partial charge in [0.25, 0.3) is 0 Å². The van der Waals surface area contributed by atoms with E-state index in [4.69, 9.17) is 11.6 Å². The van der Waals surface area contributed by atoms with Crippen molar-refractivity contribution in [2.75, 3.05) is 13.1 Å². The maximum Gasteiger partial charge on any atom is 0.0994 e. The molecule has 2 aromatic rings. The van der Waals surface area contributed by atoms with E-state index in [1.807, 2.05) is 30.7 Å². The number of halogens is 2. The van der Waals surface area contributed by atoms with Gasteiger partial charge in [0.2, 0.25) is 0 Å². The minimum absolute atomic E-state index is 0.151. The van der Waals surface area contributed by atoms with Crippen molar-refractivity contribution < 1.29 is 0 Å². The molecule has 0 aliphatic carbocycles. The van der Waals surface area contributed by atoms with Crippen LogP contribution in [-0.2, 0) is 5.41 Å². The molecule has 1 aromatic carbocycles. The fraction of sp³-hybridized carbons (Fsp3) is 0.400. The Kier molecular flexibility index (Phi) is 3.89. The lowest BCUT2D eigenvalue weighted by Crippen LogP contribution is -2.38. The Morgan fingerprint density at radius 3 is 2.80 bits per heavy atom. The van der Waals surface area contributed by atoms with Crippen LogP contribution in [0.2, 0.25) is 5.02 Å². The van der Waals surface area contributed by atoms with Crippen LogP contribution in [0.25, 0.3) is 5.69 Å². The van der Waals surface area contributed by atoms with Crippen molar-refractivity contribution in [1.82, 2.24) is 14.9 Å². The molecule has 1 aromatic heterocycles. The number of benzene rings is 1. The monoisotopic (exact) mass is 353 g/mol. The second kappa shape index (κ2) is 5.51. The Labute approximate surface area is 132 Å². The average molecular weight is 355 g/mol. The summed E-state index contributed by atoms with van der Waals surface area (Å²) in [6.45, 7) is 4.42. The van der Waals surface area contributed by atoms with Crippen LogP contribution in [0.15, 0.2) is 35.2 Å². The Bertz CT molecular complexity index is 617. The first-order valence-electron chi connectivity index (χ1n) is 6.79. The minimum atomic E-state index is 0.151. The van der Waals surface area contributed by atoms with Crippen LogP contribution in [0.4, 0.5) is 0 Å². The van der Waals surface area contributed by atoms with Crippen LogP contribution < -0.4 is 5.32 Å². The maximum atomic E-state index is 6.39. The van der Waals surface area contributed by atoms with Crippen molar-refractivity contribution in [1.29, 1.82) is 0 Å². The van der Waals surface area contributed by atoms with Crippen LogP contribution in [0.1, 0.15) is 25.5 Å². The number of hydrogen-bond donors (Lipinski definition) is 1. The molecule has 5 heteroatoms. The lowest BCUT2D eigenvalue weighted by Gasteiger charge is -2.34. The van der Waals surface area contributed by atoms with E-state index >= 15 is 0 Å². The summed E-state index contributed by atoms with van der Waals surface area (Å²) in [4.78, 5) is 4.35. The minimum Gasteiger partial charge on any atom is -0.317 e. The zero-order valence-corrected chi connectivity index (χ0v) is 13.7.